The summed E-state index contributed by atoms with van der Waals surface area (Å²) in [4.78, 5) is 53.7. The largest absolute Gasteiger partial charge is 0.416 e. The van der Waals surface area contributed by atoms with Gasteiger partial charge in [-0.15, -0.1) is 0 Å². The molecule has 2 heterocycles. The van der Waals surface area contributed by atoms with Gasteiger partial charge in [0.1, 0.15) is 12.1 Å². The molecular formula is C27H27F3N4O5. The van der Waals surface area contributed by atoms with Gasteiger partial charge >= 0.3 is 11.9 Å². The topological polar surface area (TPSA) is 126 Å². The summed E-state index contributed by atoms with van der Waals surface area (Å²) in [7, 11) is 0. The van der Waals surface area contributed by atoms with Gasteiger partial charge in [-0.2, -0.15) is 13.2 Å². The highest BCUT2D eigenvalue weighted by Crippen LogP contribution is 2.25. The number of amides is 1. The second kappa shape index (κ2) is 10.9. The molecule has 9 nitrogen and oxygen atoms in total. The fraction of sp³-hybridized carbons (Fsp3) is 0.333. The van der Waals surface area contributed by atoms with Crippen LogP contribution in [0.4, 0.5) is 13.2 Å². The lowest BCUT2D eigenvalue weighted by molar-refractivity contribution is -0.215. The van der Waals surface area contributed by atoms with Crippen LogP contribution in [-0.4, -0.2) is 43.5 Å². The number of fused-ring (bicyclic) bond motifs is 2. The molecule has 0 saturated heterocycles. The molecule has 206 valence electrons. The highest BCUT2D eigenvalue weighted by Gasteiger charge is 2.45. The molecule has 0 fully saturated rings. The van der Waals surface area contributed by atoms with E-state index in [0.29, 0.717) is 6.42 Å². The van der Waals surface area contributed by atoms with Gasteiger partial charge in [-0.25, -0.2) is 4.79 Å². The zero-order valence-corrected chi connectivity index (χ0v) is 21.2. The highest BCUT2D eigenvalue weighted by atomic mass is 19.4. The first-order valence-corrected chi connectivity index (χ1v) is 12.3. The third-order valence-corrected chi connectivity index (χ3v) is 6.64. The van der Waals surface area contributed by atoms with E-state index in [0.717, 1.165) is 31.7 Å². The van der Waals surface area contributed by atoms with Crippen LogP contribution in [0.5, 0.6) is 0 Å². The second-order valence-electron chi connectivity index (χ2n) is 9.64. The Kier molecular flexibility index (Phi) is 7.77. The summed E-state index contributed by atoms with van der Waals surface area (Å²) in [5.41, 5.74) is -1.74. The molecular weight excluding hydrogens is 517 g/mol. The first-order chi connectivity index (χ1) is 18.4. The molecule has 3 N–H and O–H groups in total. The average Bonchev–Trinajstić information content (AvgIpc) is 2.88. The maximum atomic E-state index is 13.1. The Morgan fingerprint density at radius 2 is 1.69 bits per heavy atom. The monoisotopic (exact) mass is 544 g/mol. The lowest BCUT2D eigenvalue weighted by Crippen LogP contribution is -2.53. The van der Waals surface area contributed by atoms with Crippen LogP contribution in [0.15, 0.2) is 69.1 Å². The molecule has 2 aromatic carbocycles. The molecule has 0 saturated carbocycles. The van der Waals surface area contributed by atoms with Crippen molar-refractivity contribution in [3.05, 3.63) is 91.5 Å². The SMILES string of the molecule is CC(C)C(NC(=O)Cn1ccc2c(=O)n(CCc3cccc4ccccc34)c(=O)[nH]c2c1=O)C(O)C(F)(F)F. The molecule has 0 aliphatic heterocycles. The lowest BCUT2D eigenvalue weighted by atomic mass is 9.98. The Bertz CT molecular complexity index is 1700. The summed E-state index contributed by atoms with van der Waals surface area (Å²) in [5, 5.41) is 13.7. The van der Waals surface area contributed by atoms with Gasteiger partial charge in [-0.1, -0.05) is 56.3 Å². The van der Waals surface area contributed by atoms with Gasteiger partial charge in [-0.3, -0.25) is 19.0 Å². The second-order valence-corrected chi connectivity index (χ2v) is 9.64. The van der Waals surface area contributed by atoms with Gasteiger partial charge in [0.25, 0.3) is 11.1 Å². The number of H-pyrrole nitrogens is 1. The molecule has 0 radical (unpaired) electrons. The zero-order valence-electron chi connectivity index (χ0n) is 21.2. The summed E-state index contributed by atoms with van der Waals surface area (Å²) in [6.07, 6.45) is -6.20. The Morgan fingerprint density at radius 1 is 1.00 bits per heavy atom. The molecule has 12 heteroatoms. The number of hydrogen-bond acceptors (Lipinski definition) is 5. The summed E-state index contributed by atoms with van der Waals surface area (Å²) >= 11 is 0. The van der Waals surface area contributed by atoms with Crippen LogP contribution in [0.2, 0.25) is 0 Å². The number of hydrogen-bond donors (Lipinski definition) is 3. The first kappa shape index (κ1) is 27.8. The Labute approximate surface area is 219 Å². The van der Waals surface area contributed by atoms with E-state index < -0.39 is 53.5 Å². The number of benzene rings is 2. The van der Waals surface area contributed by atoms with E-state index in [2.05, 4.69) is 10.3 Å². The molecule has 4 rings (SSSR count). The maximum absolute atomic E-state index is 13.1. The molecule has 1 amide bonds. The van der Waals surface area contributed by atoms with E-state index in [1.165, 1.54) is 19.9 Å². The smallest absolute Gasteiger partial charge is 0.382 e. The summed E-state index contributed by atoms with van der Waals surface area (Å²) < 4.78 is 40.8. The van der Waals surface area contributed by atoms with Crippen molar-refractivity contribution in [3.63, 3.8) is 0 Å². The van der Waals surface area contributed by atoms with E-state index in [9.17, 15) is 37.5 Å². The van der Waals surface area contributed by atoms with Crippen molar-refractivity contribution in [2.24, 2.45) is 5.92 Å². The number of aryl methyl sites for hydroxylation is 1. The summed E-state index contributed by atoms with van der Waals surface area (Å²) in [6, 6.07) is 13.1. The van der Waals surface area contributed by atoms with Crippen LogP contribution in [0.1, 0.15) is 19.4 Å². The van der Waals surface area contributed by atoms with Crippen LogP contribution in [-0.2, 0) is 24.3 Å². The Morgan fingerprint density at radius 3 is 2.38 bits per heavy atom. The molecule has 0 aliphatic rings. The third-order valence-electron chi connectivity index (χ3n) is 6.64. The molecule has 0 aliphatic carbocycles. The molecule has 0 bridgehead atoms. The molecule has 4 aromatic rings. The number of aromatic amines is 1. The van der Waals surface area contributed by atoms with E-state index >= 15 is 0 Å². The van der Waals surface area contributed by atoms with Gasteiger partial charge in [-0.05, 0) is 34.7 Å². The van der Waals surface area contributed by atoms with Gasteiger partial charge in [0.15, 0.2) is 6.10 Å². The minimum Gasteiger partial charge on any atom is -0.382 e. The van der Waals surface area contributed by atoms with E-state index in [-0.39, 0.29) is 17.4 Å². The predicted octanol–water partition coefficient (Wildman–Crippen LogP) is 2.31. The molecule has 2 aromatic heterocycles. The van der Waals surface area contributed by atoms with Crippen molar-refractivity contribution in [3.8, 4) is 0 Å². The highest BCUT2D eigenvalue weighted by molar-refractivity contribution is 5.85. The van der Waals surface area contributed by atoms with Crippen molar-refractivity contribution in [1.29, 1.82) is 0 Å². The minimum absolute atomic E-state index is 0.0573. The fourth-order valence-corrected chi connectivity index (χ4v) is 4.56. The number of pyridine rings is 1. The number of rotatable bonds is 8. The Hall–Kier alpha value is -4.19. The standard InChI is InChI=1S/C27H27F3N4O5/c1-15(2)21(23(36)27(28,29)30)31-20(35)14-33-12-11-19-22(25(33)38)32-26(39)34(24(19)37)13-10-17-8-5-7-16-6-3-4-9-18(16)17/h3-9,11-12,15,21,23,36H,10,13-14H2,1-2H3,(H,31,35)(H,32,39). The van der Waals surface area contributed by atoms with Crippen molar-refractivity contribution < 1.29 is 23.1 Å². The third kappa shape index (κ3) is 5.80. The summed E-state index contributed by atoms with van der Waals surface area (Å²) in [6.45, 7) is 2.17. The quantitative estimate of drug-likeness (QED) is 0.314. The molecule has 2 unspecified atom stereocenters. The van der Waals surface area contributed by atoms with Gasteiger partial charge in [0.05, 0.1) is 11.4 Å². The van der Waals surface area contributed by atoms with Crippen molar-refractivity contribution in [1.82, 2.24) is 19.4 Å². The average molecular weight is 545 g/mol. The number of carbonyl (C=O) groups excluding carboxylic acids is 1. The van der Waals surface area contributed by atoms with Crippen LogP contribution in [0, 0.1) is 5.92 Å². The molecule has 39 heavy (non-hydrogen) atoms. The van der Waals surface area contributed by atoms with Crippen LogP contribution >= 0.6 is 0 Å². The van der Waals surface area contributed by atoms with E-state index in [1.54, 1.807) is 0 Å². The van der Waals surface area contributed by atoms with E-state index in [4.69, 9.17) is 0 Å². The predicted molar refractivity (Wildman–Crippen MR) is 140 cm³/mol. The maximum Gasteiger partial charge on any atom is 0.416 e. The van der Waals surface area contributed by atoms with Crippen LogP contribution in [0.25, 0.3) is 21.7 Å². The molecule has 0 spiro atoms. The summed E-state index contributed by atoms with van der Waals surface area (Å²) in [5.74, 6) is -1.72. The Balaban J connectivity index is 1.58. The fourth-order valence-electron chi connectivity index (χ4n) is 4.56. The first-order valence-electron chi connectivity index (χ1n) is 12.3. The van der Waals surface area contributed by atoms with Crippen molar-refractivity contribution in [2.45, 2.75) is 51.7 Å². The number of halogens is 3. The van der Waals surface area contributed by atoms with Crippen LogP contribution < -0.4 is 22.1 Å². The van der Waals surface area contributed by atoms with Crippen molar-refractivity contribution in [2.75, 3.05) is 0 Å². The minimum atomic E-state index is -4.95. The molecule has 2 atom stereocenters. The number of alkyl halides is 3. The van der Waals surface area contributed by atoms with Gasteiger partial charge in [0.2, 0.25) is 5.91 Å². The number of nitrogens with one attached hydrogen (secondary N) is 2. The number of carbonyl (C=O) groups is 1. The lowest BCUT2D eigenvalue weighted by Gasteiger charge is -2.28. The number of nitrogens with zero attached hydrogens (tertiary/aromatic N) is 2. The normalized spacial score (nSPS) is 13.6. The van der Waals surface area contributed by atoms with Gasteiger partial charge in [0, 0.05) is 12.7 Å². The van der Waals surface area contributed by atoms with Gasteiger partial charge < -0.3 is 20.0 Å². The van der Waals surface area contributed by atoms with Crippen LogP contribution in [0.3, 0.4) is 0 Å². The zero-order chi connectivity index (χ0) is 28.5. The van der Waals surface area contributed by atoms with E-state index in [1.807, 2.05) is 42.5 Å². The number of aliphatic hydroxyl groups is 1. The van der Waals surface area contributed by atoms with Crippen molar-refractivity contribution >= 4 is 27.6 Å². The number of aromatic nitrogens is 3. The number of aliphatic hydroxyl groups excluding tert-OH is 1.